The molecule has 1 fully saturated rings. The van der Waals surface area contributed by atoms with Crippen LogP contribution in [0.4, 0.5) is 5.69 Å². The van der Waals surface area contributed by atoms with Crippen molar-refractivity contribution in [2.24, 2.45) is 0 Å². The van der Waals surface area contributed by atoms with Crippen molar-refractivity contribution in [2.75, 3.05) is 25.0 Å². The Morgan fingerprint density at radius 1 is 1.45 bits per heavy atom. The van der Waals surface area contributed by atoms with Gasteiger partial charge in [0.15, 0.2) is 6.04 Å². The number of nitrogens with one attached hydrogen (secondary N) is 2. The highest BCUT2D eigenvalue weighted by Gasteiger charge is 2.27. The van der Waals surface area contributed by atoms with Crippen molar-refractivity contribution in [3.63, 3.8) is 0 Å². The molecule has 1 aromatic rings. The second-order valence-electron chi connectivity index (χ2n) is 4.63. The van der Waals surface area contributed by atoms with E-state index in [-0.39, 0.29) is 24.3 Å². The average Bonchev–Trinajstić information content (AvgIpc) is 2.44. The zero-order chi connectivity index (χ0) is 14.4. The highest BCUT2D eigenvalue weighted by molar-refractivity contribution is 5.94. The Bertz CT molecular complexity index is 473. The Kier molecular flexibility index (Phi) is 4.95. The van der Waals surface area contributed by atoms with Gasteiger partial charge in [0.25, 0.3) is 5.91 Å². The number of hydrogen-bond acceptors (Lipinski definition) is 3. The van der Waals surface area contributed by atoms with Crippen LogP contribution in [0, 0.1) is 0 Å². The molecule has 1 aromatic carbocycles. The van der Waals surface area contributed by atoms with Crippen molar-refractivity contribution in [1.82, 2.24) is 5.32 Å². The zero-order valence-electron chi connectivity index (χ0n) is 11.5. The van der Waals surface area contributed by atoms with Crippen LogP contribution in [0.3, 0.4) is 0 Å². The quantitative estimate of drug-likeness (QED) is 0.677. The molecule has 6 nitrogen and oxygen atoms in total. The van der Waals surface area contributed by atoms with Crippen LogP contribution in [0.1, 0.15) is 13.3 Å². The molecule has 6 heteroatoms. The summed E-state index contributed by atoms with van der Waals surface area (Å²) >= 11 is 0. The van der Waals surface area contributed by atoms with Gasteiger partial charge in [-0.15, -0.1) is 0 Å². The molecule has 20 heavy (non-hydrogen) atoms. The molecule has 0 aliphatic carbocycles. The van der Waals surface area contributed by atoms with Gasteiger partial charge in [-0.05, 0) is 31.2 Å². The van der Waals surface area contributed by atoms with Crippen molar-refractivity contribution >= 4 is 17.5 Å². The van der Waals surface area contributed by atoms with E-state index in [1.54, 1.807) is 24.3 Å². The molecule has 0 unspecified atom stereocenters. The average molecular weight is 278 g/mol. The Morgan fingerprint density at radius 3 is 2.85 bits per heavy atom. The summed E-state index contributed by atoms with van der Waals surface area (Å²) in [6, 6.07) is 6.85. The lowest BCUT2D eigenvalue weighted by Crippen LogP contribution is -2.96. The van der Waals surface area contributed by atoms with Gasteiger partial charge in [0, 0.05) is 5.69 Å². The summed E-state index contributed by atoms with van der Waals surface area (Å²) in [7, 11) is 0. The fourth-order valence-electron chi connectivity index (χ4n) is 2.11. The van der Waals surface area contributed by atoms with E-state index in [0.29, 0.717) is 18.8 Å². The summed E-state index contributed by atoms with van der Waals surface area (Å²) in [5.74, 6) is 0.538. The fourth-order valence-corrected chi connectivity index (χ4v) is 2.11. The molecule has 0 spiro atoms. The van der Waals surface area contributed by atoms with Crippen LogP contribution in [0.2, 0.25) is 0 Å². The predicted molar refractivity (Wildman–Crippen MR) is 74.4 cm³/mol. The number of carbonyl (C=O) groups is 2. The summed E-state index contributed by atoms with van der Waals surface area (Å²) in [6.45, 7) is 4.00. The van der Waals surface area contributed by atoms with Gasteiger partial charge >= 0.3 is 0 Å². The molecular weight excluding hydrogens is 258 g/mol. The van der Waals surface area contributed by atoms with Crippen LogP contribution in [0.15, 0.2) is 24.3 Å². The highest BCUT2D eigenvalue weighted by Crippen LogP contribution is 2.15. The van der Waals surface area contributed by atoms with Crippen LogP contribution in [0.5, 0.6) is 5.75 Å². The van der Waals surface area contributed by atoms with Gasteiger partial charge in [0.1, 0.15) is 5.75 Å². The second kappa shape index (κ2) is 6.91. The van der Waals surface area contributed by atoms with E-state index in [1.165, 1.54) is 0 Å². The molecule has 1 aliphatic rings. The van der Waals surface area contributed by atoms with E-state index >= 15 is 0 Å². The number of carbonyl (C=O) groups excluding carboxylic acids is 2. The normalized spacial score (nSPS) is 18.2. The molecule has 4 N–H and O–H groups in total. The largest absolute Gasteiger partial charge is 0.494 e. The van der Waals surface area contributed by atoms with Gasteiger partial charge < -0.3 is 20.7 Å². The molecule has 0 aromatic heterocycles. The minimum absolute atomic E-state index is 0.0712. The van der Waals surface area contributed by atoms with Gasteiger partial charge in [-0.25, -0.2) is 0 Å². The summed E-state index contributed by atoms with van der Waals surface area (Å²) in [4.78, 5) is 23.5. The first kappa shape index (κ1) is 14.3. The summed E-state index contributed by atoms with van der Waals surface area (Å²) < 4.78 is 5.33. The lowest BCUT2D eigenvalue weighted by molar-refractivity contribution is -0.678. The molecule has 2 rings (SSSR count). The minimum atomic E-state index is -0.327. The number of ether oxygens (including phenoxy) is 1. The molecule has 108 valence electrons. The van der Waals surface area contributed by atoms with Gasteiger partial charge in [0.2, 0.25) is 5.91 Å². The minimum Gasteiger partial charge on any atom is -0.494 e. The van der Waals surface area contributed by atoms with E-state index in [2.05, 4.69) is 10.6 Å². The van der Waals surface area contributed by atoms with Crippen LogP contribution in [0.25, 0.3) is 0 Å². The van der Waals surface area contributed by atoms with Gasteiger partial charge in [0.05, 0.1) is 26.1 Å². The third-order valence-corrected chi connectivity index (χ3v) is 3.09. The predicted octanol–water partition coefficient (Wildman–Crippen LogP) is -0.524. The number of rotatable bonds is 5. The van der Waals surface area contributed by atoms with Crippen molar-refractivity contribution in [3.8, 4) is 5.75 Å². The van der Waals surface area contributed by atoms with Gasteiger partial charge in [-0.1, -0.05) is 0 Å². The first-order chi connectivity index (χ1) is 9.69. The van der Waals surface area contributed by atoms with Crippen LogP contribution in [-0.4, -0.2) is 37.6 Å². The van der Waals surface area contributed by atoms with E-state index in [9.17, 15) is 9.59 Å². The van der Waals surface area contributed by atoms with Gasteiger partial charge in [-0.2, -0.15) is 0 Å². The van der Waals surface area contributed by atoms with E-state index < -0.39 is 0 Å². The van der Waals surface area contributed by atoms with Crippen LogP contribution >= 0.6 is 0 Å². The molecule has 1 saturated heterocycles. The Hall–Kier alpha value is -2.08. The first-order valence-electron chi connectivity index (χ1n) is 6.83. The molecule has 1 atom stereocenters. The first-order valence-corrected chi connectivity index (χ1v) is 6.83. The lowest BCUT2D eigenvalue weighted by Gasteiger charge is -2.19. The van der Waals surface area contributed by atoms with Crippen LogP contribution in [-0.2, 0) is 9.59 Å². The topological polar surface area (TPSA) is 84.0 Å². The van der Waals surface area contributed by atoms with E-state index in [4.69, 9.17) is 4.74 Å². The molecule has 0 radical (unpaired) electrons. The van der Waals surface area contributed by atoms with E-state index in [0.717, 1.165) is 12.3 Å². The number of benzene rings is 1. The third kappa shape index (κ3) is 3.96. The number of nitrogens with two attached hydrogens (primary N) is 1. The number of amides is 2. The van der Waals surface area contributed by atoms with Crippen molar-refractivity contribution in [3.05, 3.63) is 24.3 Å². The maximum atomic E-state index is 11.9. The molecule has 0 bridgehead atoms. The second-order valence-corrected chi connectivity index (χ2v) is 4.63. The molecule has 1 aliphatic heterocycles. The Balaban J connectivity index is 1.85. The summed E-state index contributed by atoms with van der Waals surface area (Å²) in [5.41, 5.74) is 0.703. The molecule has 0 saturated carbocycles. The van der Waals surface area contributed by atoms with Crippen molar-refractivity contribution < 1.29 is 19.6 Å². The lowest BCUT2D eigenvalue weighted by atomic mass is 10.1. The summed E-state index contributed by atoms with van der Waals surface area (Å²) in [5, 5.41) is 7.44. The smallest absolute Gasteiger partial charge is 0.278 e. The van der Waals surface area contributed by atoms with Gasteiger partial charge in [-0.3, -0.25) is 9.59 Å². The highest BCUT2D eigenvalue weighted by atomic mass is 16.5. The number of hydrogen-bond donors (Lipinski definition) is 3. The van der Waals surface area contributed by atoms with E-state index in [1.807, 2.05) is 12.2 Å². The number of quaternary nitrogens is 1. The monoisotopic (exact) mass is 278 g/mol. The summed E-state index contributed by atoms with van der Waals surface area (Å²) in [6.07, 6.45) is 0.180. The maximum Gasteiger partial charge on any atom is 0.278 e. The molecular formula is C14H20N3O3+. The SMILES string of the molecule is CCOc1ccc(NC(=O)C[C@@H]2[NH2+]CCNC2=O)cc1. The Labute approximate surface area is 117 Å². The van der Waals surface area contributed by atoms with Crippen molar-refractivity contribution in [2.45, 2.75) is 19.4 Å². The van der Waals surface area contributed by atoms with Crippen molar-refractivity contribution in [1.29, 1.82) is 0 Å². The molecule has 2 amide bonds. The Morgan fingerprint density at radius 2 is 2.20 bits per heavy atom. The standard InChI is InChI=1S/C14H19N3O3/c1-2-20-11-5-3-10(4-6-11)17-13(18)9-12-14(19)16-8-7-15-12/h3-6,12,15H,2,7-9H2,1H3,(H,16,19)(H,17,18)/p+1/t12-/m0/s1. The number of anilines is 1. The number of piperazine rings is 1. The maximum absolute atomic E-state index is 11.9. The molecule has 1 heterocycles. The fraction of sp³-hybridized carbons (Fsp3) is 0.429. The van der Waals surface area contributed by atoms with Crippen LogP contribution < -0.4 is 20.7 Å². The zero-order valence-corrected chi connectivity index (χ0v) is 11.5. The third-order valence-electron chi connectivity index (χ3n) is 3.09.